The minimum Gasteiger partial charge on any atom is -0.464 e. The number of furan rings is 1. The van der Waals surface area contributed by atoms with E-state index in [0.717, 1.165) is 25.1 Å². The lowest BCUT2D eigenvalue weighted by atomic mass is 10.0. The van der Waals surface area contributed by atoms with Crippen LogP contribution in [0, 0.1) is 19.8 Å². The molecule has 0 atom stereocenters. The number of nitrogens with one attached hydrogen (secondary N) is 1. The van der Waals surface area contributed by atoms with Gasteiger partial charge < -0.3 is 9.73 Å². The van der Waals surface area contributed by atoms with Crippen LogP contribution < -0.4 is 5.32 Å². The molecular formula is C16H23NO. The summed E-state index contributed by atoms with van der Waals surface area (Å²) in [5, 5.41) is 4.75. The highest BCUT2D eigenvalue weighted by molar-refractivity contribution is 5.84. The molecule has 1 heterocycles. The molecule has 0 amide bonds. The Morgan fingerprint density at radius 3 is 2.72 bits per heavy atom. The van der Waals surface area contributed by atoms with Crippen molar-refractivity contribution in [3.8, 4) is 0 Å². The van der Waals surface area contributed by atoms with Crippen molar-refractivity contribution in [2.75, 3.05) is 13.1 Å². The van der Waals surface area contributed by atoms with Gasteiger partial charge in [0, 0.05) is 5.39 Å². The van der Waals surface area contributed by atoms with Gasteiger partial charge in [-0.2, -0.15) is 0 Å². The third-order valence-electron chi connectivity index (χ3n) is 3.21. The number of rotatable bonds is 5. The predicted molar refractivity (Wildman–Crippen MR) is 77.1 cm³/mol. The number of benzene rings is 1. The van der Waals surface area contributed by atoms with E-state index in [9.17, 15) is 0 Å². The Balaban J connectivity index is 2.09. The quantitative estimate of drug-likeness (QED) is 0.810. The zero-order valence-electron chi connectivity index (χ0n) is 11.8. The zero-order chi connectivity index (χ0) is 13.1. The fourth-order valence-corrected chi connectivity index (χ4v) is 2.35. The number of fused-ring (bicyclic) bond motifs is 1. The Labute approximate surface area is 109 Å². The second kappa shape index (κ2) is 5.57. The smallest absolute Gasteiger partial charge is 0.137 e. The number of hydrogen-bond donors (Lipinski definition) is 1. The largest absolute Gasteiger partial charge is 0.464 e. The summed E-state index contributed by atoms with van der Waals surface area (Å²) in [6.07, 6.45) is 2.94. The molecule has 0 saturated heterocycles. The molecule has 1 aromatic carbocycles. The van der Waals surface area contributed by atoms with Gasteiger partial charge >= 0.3 is 0 Å². The highest BCUT2D eigenvalue weighted by atomic mass is 16.3. The summed E-state index contributed by atoms with van der Waals surface area (Å²) in [7, 11) is 0. The van der Waals surface area contributed by atoms with Crippen LogP contribution in [0.3, 0.4) is 0 Å². The summed E-state index contributed by atoms with van der Waals surface area (Å²) in [6.45, 7) is 10.8. The van der Waals surface area contributed by atoms with Crippen LogP contribution >= 0.6 is 0 Å². The zero-order valence-corrected chi connectivity index (χ0v) is 11.8. The van der Waals surface area contributed by atoms with Gasteiger partial charge in [0.05, 0.1) is 6.26 Å². The Morgan fingerprint density at radius 1 is 1.22 bits per heavy atom. The van der Waals surface area contributed by atoms with Crippen LogP contribution in [0.2, 0.25) is 0 Å². The van der Waals surface area contributed by atoms with E-state index in [1.807, 2.05) is 6.26 Å². The van der Waals surface area contributed by atoms with E-state index in [2.05, 4.69) is 45.1 Å². The monoisotopic (exact) mass is 245 g/mol. The molecule has 2 aromatic rings. The van der Waals surface area contributed by atoms with Crippen LogP contribution in [-0.4, -0.2) is 13.1 Å². The molecule has 0 bridgehead atoms. The molecule has 0 saturated carbocycles. The third-order valence-corrected chi connectivity index (χ3v) is 3.21. The summed E-state index contributed by atoms with van der Waals surface area (Å²) in [5.74, 6) is 0.704. The van der Waals surface area contributed by atoms with Crippen LogP contribution in [-0.2, 0) is 6.42 Å². The summed E-state index contributed by atoms with van der Waals surface area (Å²) >= 11 is 0. The molecule has 2 heteroatoms. The average Bonchev–Trinajstić information content (AvgIpc) is 2.67. The summed E-state index contributed by atoms with van der Waals surface area (Å²) < 4.78 is 5.69. The van der Waals surface area contributed by atoms with Gasteiger partial charge in [-0.3, -0.25) is 0 Å². The maximum Gasteiger partial charge on any atom is 0.137 e. The van der Waals surface area contributed by atoms with E-state index in [-0.39, 0.29) is 0 Å². The minimum absolute atomic E-state index is 0.704. The van der Waals surface area contributed by atoms with E-state index in [1.54, 1.807) is 0 Å². The van der Waals surface area contributed by atoms with Crippen molar-refractivity contribution in [2.45, 2.75) is 34.1 Å². The first-order valence-corrected chi connectivity index (χ1v) is 6.76. The average molecular weight is 245 g/mol. The first kappa shape index (κ1) is 13.2. The molecular weight excluding hydrogens is 222 g/mol. The van der Waals surface area contributed by atoms with Gasteiger partial charge in [-0.25, -0.2) is 0 Å². The molecule has 18 heavy (non-hydrogen) atoms. The van der Waals surface area contributed by atoms with Gasteiger partial charge in [0.25, 0.3) is 0 Å². The van der Waals surface area contributed by atoms with Crippen molar-refractivity contribution in [3.05, 3.63) is 35.1 Å². The first-order valence-electron chi connectivity index (χ1n) is 6.76. The Hall–Kier alpha value is -1.28. The maximum atomic E-state index is 5.69. The molecule has 1 N–H and O–H groups in total. The highest BCUT2D eigenvalue weighted by Gasteiger charge is 2.08. The molecule has 0 aliphatic rings. The van der Waals surface area contributed by atoms with E-state index in [1.165, 1.54) is 22.1 Å². The van der Waals surface area contributed by atoms with E-state index in [4.69, 9.17) is 4.42 Å². The summed E-state index contributed by atoms with van der Waals surface area (Å²) in [4.78, 5) is 0. The molecule has 1 aromatic heterocycles. The molecule has 0 aliphatic heterocycles. The molecule has 2 rings (SSSR count). The van der Waals surface area contributed by atoms with Crippen LogP contribution in [0.15, 0.2) is 22.8 Å². The Morgan fingerprint density at radius 2 is 2.00 bits per heavy atom. The van der Waals surface area contributed by atoms with Crippen LogP contribution in [0.5, 0.6) is 0 Å². The number of aryl methyl sites for hydroxylation is 2. The fraction of sp³-hybridized carbons (Fsp3) is 0.500. The lowest BCUT2D eigenvalue weighted by Gasteiger charge is -2.06. The van der Waals surface area contributed by atoms with Gasteiger partial charge in [-0.15, -0.1) is 0 Å². The molecule has 0 radical (unpaired) electrons. The molecule has 2 nitrogen and oxygen atoms in total. The normalized spacial score (nSPS) is 11.6. The maximum absolute atomic E-state index is 5.69. The lowest BCUT2D eigenvalue weighted by Crippen LogP contribution is -2.21. The molecule has 0 aliphatic carbocycles. The third kappa shape index (κ3) is 2.94. The standard InChI is InChI=1S/C16H23NO/c1-11(2)9-17-6-5-14-10-18-16-13(4)7-12(3)8-15(14)16/h7-8,10-11,17H,5-6,9H2,1-4H3. The second-order valence-corrected chi connectivity index (χ2v) is 5.57. The minimum atomic E-state index is 0.704. The molecule has 98 valence electrons. The van der Waals surface area contributed by atoms with Crippen molar-refractivity contribution in [1.82, 2.24) is 5.32 Å². The van der Waals surface area contributed by atoms with Crippen LogP contribution in [0.25, 0.3) is 11.0 Å². The van der Waals surface area contributed by atoms with Gasteiger partial charge in [-0.1, -0.05) is 19.9 Å². The Kier molecular flexibility index (Phi) is 4.07. The SMILES string of the molecule is Cc1cc(C)c2occ(CCNCC(C)C)c2c1. The van der Waals surface area contributed by atoms with Crippen LogP contribution in [0.4, 0.5) is 0 Å². The second-order valence-electron chi connectivity index (χ2n) is 5.57. The highest BCUT2D eigenvalue weighted by Crippen LogP contribution is 2.26. The summed E-state index contributed by atoms with van der Waals surface area (Å²) in [6, 6.07) is 4.40. The predicted octanol–water partition coefficient (Wildman–Crippen LogP) is 3.84. The Bertz CT molecular complexity index is 525. The van der Waals surface area contributed by atoms with Crippen LogP contribution in [0.1, 0.15) is 30.5 Å². The van der Waals surface area contributed by atoms with Crippen molar-refractivity contribution in [1.29, 1.82) is 0 Å². The molecule has 0 unspecified atom stereocenters. The van der Waals surface area contributed by atoms with Crippen molar-refractivity contribution >= 4 is 11.0 Å². The van der Waals surface area contributed by atoms with Crippen molar-refractivity contribution < 1.29 is 4.42 Å². The first-order chi connectivity index (χ1) is 8.58. The van der Waals surface area contributed by atoms with Gasteiger partial charge in [-0.05, 0) is 62.0 Å². The fourth-order valence-electron chi connectivity index (χ4n) is 2.35. The van der Waals surface area contributed by atoms with Gasteiger partial charge in [0.15, 0.2) is 0 Å². The van der Waals surface area contributed by atoms with Crippen molar-refractivity contribution in [3.63, 3.8) is 0 Å². The number of hydrogen-bond acceptors (Lipinski definition) is 2. The van der Waals surface area contributed by atoms with E-state index >= 15 is 0 Å². The topological polar surface area (TPSA) is 25.2 Å². The van der Waals surface area contributed by atoms with Crippen molar-refractivity contribution in [2.24, 2.45) is 5.92 Å². The summed E-state index contributed by atoms with van der Waals surface area (Å²) in [5.41, 5.74) is 4.89. The van der Waals surface area contributed by atoms with E-state index < -0.39 is 0 Å². The van der Waals surface area contributed by atoms with Gasteiger partial charge in [0.2, 0.25) is 0 Å². The lowest BCUT2D eigenvalue weighted by molar-refractivity contribution is 0.552. The molecule has 0 spiro atoms. The van der Waals surface area contributed by atoms with E-state index in [0.29, 0.717) is 5.92 Å². The van der Waals surface area contributed by atoms with Gasteiger partial charge in [0.1, 0.15) is 5.58 Å². The molecule has 0 fully saturated rings.